The molecule has 1 N–H and O–H groups in total. The minimum atomic E-state index is -0.0402. The zero-order chi connectivity index (χ0) is 15.1. The summed E-state index contributed by atoms with van der Waals surface area (Å²) < 4.78 is 5.22. The summed E-state index contributed by atoms with van der Waals surface area (Å²) in [4.78, 5) is 12.1. The zero-order valence-electron chi connectivity index (χ0n) is 12.5. The second-order valence-corrected chi connectivity index (χ2v) is 5.59. The summed E-state index contributed by atoms with van der Waals surface area (Å²) in [5.41, 5.74) is 0.913. The second-order valence-electron chi connectivity index (χ2n) is 5.59. The molecule has 112 valence electrons. The van der Waals surface area contributed by atoms with Crippen LogP contribution in [0.25, 0.3) is 0 Å². The lowest BCUT2D eigenvalue weighted by Crippen LogP contribution is -2.16. The summed E-state index contributed by atoms with van der Waals surface area (Å²) in [6.45, 7) is 0. The maximum Gasteiger partial charge on any atom is 0.224 e. The van der Waals surface area contributed by atoms with Crippen molar-refractivity contribution >= 4 is 11.6 Å². The lowest BCUT2D eigenvalue weighted by atomic mass is 9.86. The van der Waals surface area contributed by atoms with E-state index < -0.39 is 0 Å². The van der Waals surface area contributed by atoms with Gasteiger partial charge in [0.15, 0.2) is 0 Å². The molecule has 1 aliphatic rings. The molecule has 1 aromatic carbocycles. The van der Waals surface area contributed by atoms with Crippen molar-refractivity contribution in [2.75, 3.05) is 12.4 Å². The molecule has 4 nitrogen and oxygen atoms in total. The molecule has 2 rings (SSSR count). The molecule has 0 saturated heterocycles. The third kappa shape index (κ3) is 4.22. The van der Waals surface area contributed by atoms with Crippen LogP contribution in [0.5, 0.6) is 5.75 Å². The van der Waals surface area contributed by atoms with Crippen molar-refractivity contribution in [3.05, 3.63) is 23.8 Å². The number of methoxy groups -OCH3 is 1. The fraction of sp³-hybridized carbons (Fsp3) is 0.529. The Morgan fingerprint density at radius 1 is 1.38 bits per heavy atom. The van der Waals surface area contributed by atoms with E-state index in [9.17, 15) is 4.79 Å². The van der Waals surface area contributed by atoms with Gasteiger partial charge in [0.25, 0.3) is 0 Å². The Kier molecular flexibility index (Phi) is 5.62. The fourth-order valence-electron chi connectivity index (χ4n) is 2.94. The van der Waals surface area contributed by atoms with Crippen LogP contribution in [0.2, 0.25) is 0 Å². The normalized spacial score (nSPS) is 15.2. The molecule has 1 aromatic rings. The van der Waals surface area contributed by atoms with Gasteiger partial charge in [0, 0.05) is 6.42 Å². The van der Waals surface area contributed by atoms with Crippen LogP contribution in [0.1, 0.15) is 50.5 Å². The van der Waals surface area contributed by atoms with E-state index in [0.29, 0.717) is 29.3 Å². The number of benzene rings is 1. The Morgan fingerprint density at radius 2 is 2.14 bits per heavy atom. The summed E-state index contributed by atoms with van der Waals surface area (Å²) in [6.07, 6.45) is 7.83. The molecule has 1 saturated carbocycles. The van der Waals surface area contributed by atoms with Crippen molar-refractivity contribution in [1.29, 1.82) is 5.26 Å². The number of para-hydroxylation sites is 1. The van der Waals surface area contributed by atoms with Gasteiger partial charge in [-0.25, -0.2) is 0 Å². The molecule has 0 aromatic heterocycles. The van der Waals surface area contributed by atoms with E-state index in [0.717, 1.165) is 6.42 Å². The number of nitriles is 1. The SMILES string of the molecule is COc1cccc(C#N)c1NC(=O)CCC1CCCCC1. The Balaban J connectivity index is 1.94. The van der Waals surface area contributed by atoms with Crippen molar-refractivity contribution in [1.82, 2.24) is 0 Å². The van der Waals surface area contributed by atoms with Gasteiger partial charge in [-0.1, -0.05) is 38.2 Å². The van der Waals surface area contributed by atoms with Gasteiger partial charge in [-0.2, -0.15) is 5.26 Å². The van der Waals surface area contributed by atoms with Crippen LogP contribution in [0.4, 0.5) is 5.69 Å². The van der Waals surface area contributed by atoms with Gasteiger partial charge >= 0.3 is 0 Å². The summed E-state index contributed by atoms with van der Waals surface area (Å²) >= 11 is 0. The van der Waals surface area contributed by atoms with Crippen LogP contribution in [-0.4, -0.2) is 13.0 Å². The molecule has 0 aliphatic heterocycles. The average molecular weight is 286 g/mol. The van der Waals surface area contributed by atoms with Crippen LogP contribution in [-0.2, 0) is 4.79 Å². The van der Waals surface area contributed by atoms with E-state index in [1.54, 1.807) is 18.2 Å². The number of nitrogens with one attached hydrogen (secondary N) is 1. The Bertz CT molecular complexity index is 528. The first-order valence-corrected chi connectivity index (χ1v) is 7.61. The van der Waals surface area contributed by atoms with Gasteiger partial charge in [-0.3, -0.25) is 4.79 Å². The number of hydrogen-bond donors (Lipinski definition) is 1. The van der Waals surface area contributed by atoms with Gasteiger partial charge < -0.3 is 10.1 Å². The predicted octanol–water partition coefficient (Wildman–Crippen LogP) is 3.87. The zero-order valence-corrected chi connectivity index (χ0v) is 12.5. The second kappa shape index (κ2) is 7.68. The third-order valence-electron chi connectivity index (χ3n) is 4.14. The molecular formula is C17H22N2O2. The lowest BCUT2D eigenvalue weighted by Gasteiger charge is -2.21. The topological polar surface area (TPSA) is 62.1 Å². The predicted molar refractivity (Wildman–Crippen MR) is 82.1 cm³/mol. The number of ether oxygens (including phenoxy) is 1. The molecule has 4 heteroatoms. The van der Waals surface area contributed by atoms with Crippen molar-refractivity contribution in [2.24, 2.45) is 5.92 Å². The van der Waals surface area contributed by atoms with Crippen LogP contribution < -0.4 is 10.1 Å². The van der Waals surface area contributed by atoms with E-state index in [4.69, 9.17) is 10.00 Å². The van der Waals surface area contributed by atoms with Gasteiger partial charge in [0.2, 0.25) is 5.91 Å². The maximum absolute atomic E-state index is 12.1. The Morgan fingerprint density at radius 3 is 2.81 bits per heavy atom. The molecule has 1 fully saturated rings. The highest BCUT2D eigenvalue weighted by Crippen LogP contribution is 2.30. The maximum atomic E-state index is 12.1. The lowest BCUT2D eigenvalue weighted by molar-refractivity contribution is -0.116. The molecule has 0 atom stereocenters. The number of carbonyl (C=O) groups excluding carboxylic acids is 1. The van der Waals surface area contributed by atoms with Crippen molar-refractivity contribution in [3.8, 4) is 11.8 Å². The van der Waals surface area contributed by atoms with E-state index in [-0.39, 0.29) is 5.91 Å². The van der Waals surface area contributed by atoms with Crippen molar-refractivity contribution < 1.29 is 9.53 Å². The number of rotatable bonds is 5. The van der Waals surface area contributed by atoms with Crippen LogP contribution in [0.3, 0.4) is 0 Å². The molecule has 0 spiro atoms. The first kappa shape index (κ1) is 15.4. The largest absolute Gasteiger partial charge is 0.495 e. The molecule has 0 heterocycles. The first-order chi connectivity index (χ1) is 10.2. The minimum Gasteiger partial charge on any atom is -0.495 e. The molecular weight excluding hydrogens is 264 g/mol. The van der Waals surface area contributed by atoms with Gasteiger partial charge in [-0.15, -0.1) is 0 Å². The highest BCUT2D eigenvalue weighted by atomic mass is 16.5. The highest BCUT2D eigenvalue weighted by molar-refractivity contribution is 5.93. The number of nitrogens with zero attached hydrogens (tertiary/aromatic N) is 1. The van der Waals surface area contributed by atoms with Crippen LogP contribution >= 0.6 is 0 Å². The van der Waals surface area contributed by atoms with E-state index in [1.165, 1.54) is 39.2 Å². The van der Waals surface area contributed by atoms with Crippen molar-refractivity contribution in [3.63, 3.8) is 0 Å². The van der Waals surface area contributed by atoms with Crippen molar-refractivity contribution in [2.45, 2.75) is 44.9 Å². The quantitative estimate of drug-likeness (QED) is 0.893. The summed E-state index contributed by atoms with van der Waals surface area (Å²) in [5, 5.41) is 12.0. The monoisotopic (exact) mass is 286 g/mol. The molecule has 0 unspecified atom stereocenters. The molecule has 0 bridgehead atoms. The number of carbonyl (C=O) groups is 1. The van der Waals surface area contributed by atoms with Crippen LogP contribution in [0, 0.1) is 17.2 Å². The van der Waals surface area contributed by atoms with Gasteiger partial charge in [-0.05, 0) is 24.5 Å². The molecule has 1 amide bonds. The van der Waals surface area contributed by atoms with Crippen LogP contribution in [0.15, 0.2) is 18.2 Å². The minimum absolute atomic E-state index is 0.0402. The first-order valence-electron chi connectivity index (χ1n) is 7.61. The van der Waals surface area contributed by atoms with E-state index in [1.807, 2.05) is 0 Å². The standard InChI is InChI=1S/C17H22N2O2/c1-21-15-9-5-8-14(12-18)17(15)19-16(20)11-10-13-6-3-2-4-7-13/h5,8-9,13H,2-4,6-7,10-11H2,1H3,(H,19,20). The van der Waals surface area contributed by atoms with E-state index in [2.05, 4.69) is 11.4 Å². The summed E-state index contributed by atoms with van der Waals surface area (Å²) in [5.74, 6) is 1.17. The molecule has 1 aliphatic carbocycles. The average Bonchev–Trinajstić information content (AvgIpc) is 2.54. The molecule has 21 heavy (non-hydrogen) atoms. The Labute approximate surface area is 126 Å². The number of anilines is 1. The number of amides is 1. The fourth-order valence-corrected chi connectivity index (χ4v) is 2.94. The smallest absolute Gasteiger partial charge is 0.224 e. The summed E-state index contributed by atoms with van der Waals surface area (Å²) in [6, 6.07) is 7.26. The highest BCUT2D eigenvalue weighted by Gasteiger charge is 2.16. The number of hydrogen-bond acceptors (Lipinski definition) is 3. The van der Waals surface area contributed by atoms with E-state index >= 15 is 0 Å². The molecule has 0 radical (unpaired) electrons. The van der Waals surface area contributed by atoms with Gasteiger partial charge in [0.05, 0.1) is 12.7 Å². The third-order valence-corrected chi connectivity index (χ3v) is 4.14. The summed E-state index contributed by atoms with van der Waals surface area (Å²) in [7, 11) is 1.54. The Hall–Kier alpha value is -2.02. The van der Waals surface area contributed by atoms with Gasteiger partial charge in [0.1, 0.15) is 17.5 Å².